The summed E-state index contributed by atoms with van der Waals surface area (Å²) in [5, 5.41) is 9.01. The number of carboxylic acids is 1. The van der Waals surface area contributed by atoms with Gasteiger partial charge in [-0.1, -0.05) is 41.9 Å². The van der Waals surface area contributed by atoms with Crippen LogP contribution in [-0.2, 0) is 14.6 Å². The van der Waals surface area contributed by atoms with Gasteiger partial charge in [0.2, 0.25) is 0 Å². The second-order valence-electron chi connectivity index (χ2n) is 5.86. The molecule has 0 unspecified atom stereocenters. The van der Waals surface area contributed by atoms with Gasteiger partial charge in [-0.15, -0.1) is 0 Å². The van der Waals surface area contributed by atoms with Crippen molar-refractivity contribution in [3.8, 4) is 0 Å². The molecular weight excluding hydrogens is 350 g/mol. The third-order valence-electron chi connectivity index (χ3n) is 4.61. The Hall–Kier alpha value is -1.89. The Labute approximate surface area is 145 Å². The van der Waals surface area contributed by atoms with E-state index in [9.17, 15) is 18.3 Å². The average Bonchev–Trinajstić information content (AvgIpc) is 3.27. The van der Waals surface area contributed by atoms with E-state index in [4.69, 9.17) is 17.3 Å². The Morgan fingerprint density at radius 3 is 2.38 bits per heavy atom. The maximum Gasteiger partial charge on any atom is 0.312 e. The third-order valence-corrected chi connectivity index (χ3v) is 7.13. The summed E-state index contributed by atoms with van der Waals surface area (Å²) in [5.41, 5.74) is 4.75. The number of carbonyl (C=O) groups is 1. The van der Waals surface area contributed by atoms with Gasteiger partial charge in [0, 0.05) is 17.5 Å². The van der Waals surface area contributed by atoms with Crippen LogP contribution in [-0.4, -0.2) is 31.3 Å². The molecule has 0 heterocycles. The highest BCUT2D eigenvalue weighted by atomic mass is 35.5. The molecule has 126 valence electrons. The van der Waals surface area contributed by atoms with Gasteiger partial charge in [-0.05, 0) is 29.8 Å². The quantitative estimate of drug-likeness (QED) is 0.847. The van der Waals surface area contributed by atoms with Crippen LogP contribution in [0.1, 0.15) is 11.5 Å². The molecule has 1 aliphatic rings. The van der Waals surface area contributed by atoms with Crippen LogP contribution in [0.25, 0.3) is 0 Å². The van der Waals surface area contributed by atoms with E-state index in [1.165, 1.54) is 12.1 Å². The smallest absolute Gasteiger partial charge is 0.312 e. The summed E-state index contributed by atoms with van der Waals surface area (Å²) in [6, 6.07) is 14.4. The summed E-state index contributed by atoms with van der Waals surface area (Å²) < 4.78 is 26.0. The van der Waals surface area contributed by atoms with E-state index in [2.05, 4.69) is 0 Å². The number of carboxylic acid groups (broad SMARTS) is 1. The Kier molecular flexibility index (Phi) is 4.15. The molecule has 0 saturated heterocycles. The van der Waals surface area contributed by atoms with Gasteiger partial charge >= 0.3 is 5.97 Å². The summed E-state index contributed by atoms with van der Waals surface area (Å²) in [6.45, 7) is -0.268. The number of halogens is 1. The van der Waals surface area contributed by atoms with E-state index in [-0.39, 0.29) is 11.4 Å². The standard InChI is InChI=1S/C17H16ClNO4S/c18-12-6-4-5-11(9-12)14-15(17(14,10-19)16(20)21)24(22,23)13-7-2-1-3-8-13/h1-9,14-15H,10,19H2,(H,20,21)/t14-,15+,17-/m1/s1. The number of aliphatic carboxylic acids is 1. The molecule has 3 N–H and O–H groups in total. The first-order valence-corrected chi connectivity index (χ1v) is 9.26. The fourth-order valence-electron chi connectivity index (χ4n) is 3.37. The highest BCUT2D eigenvalue weighted by Crippen LogP contribution is 2.63. The Morgan fingerprint density at radius 2 is 1.83 bits per heavy atom. The number of benzene rings is 2. The molecule has 1 aliphatic carbocycles. The van der Waals surface area contributed by atoms with Crippen molar-refractivity contribution in [2.24, 2.45) is 11.1 Å². The lowest BCUT2D eigenvalue weighted by molar-refractivity contribution is -0.143. The van der Waals surface area contributed by atoms with Gasteiger partial charge in [-0.25, -0.2) is 8.42 Å². The minimum absolute atomic E-state index is 0.0959. The van der Waals surface area contributed by atoms with Crippen molar-refractivity contribution in [2.75, 3.05) is 6.54 Å². The Bertz CT molecular complexity index is 884. The van der Waals surface area contributed by atoms with Crippen molar-refractivity contribution in [2.45, 2.75) is 16.1 Å². The zero-order valence-electron chi connectivity index (χ0n) is 12.6. The lowest BCUT2D eigenvalue weighted by Gasteiger charge is -2.10. The van der Waals surface area contributed by atoms with Gasteiger partial charge in [0.05, 0.1) is 10.1 Å². The highest BCUT2D eigenvalue weighted by Gasteiger charge is 2.75. The fourth-order valence-corrected chi connectivity index (χ4v) is 5.98. The summed E-state index contributed by atoms with van der Waals surface area (Å²) in [7, 11) is -3.84. The van der Waals surface area contributed by atoms with Gasteiger partial charge in [-0.2, -0.15) is 0 Å². The van der Waals surface area contributed by atoms with Gasteiger partial charge in [0.1, 0.15) is 5.41 Å². The summed E-state index contributed by atoms with van der Waals surface area (Å²) in [6.07, 6.45) is 0. The Morgan fingerprint density at radius 1 is 1.17 bits per heavy atom. The minimum atomic E-state index is -3.84. The van der Waals surface area contributed by atoms with Crippen LogP contribution < -0.4 is 5.73 Å². The molecule has 0 aliphatic heterocycles. The molecule has 2 aromatic carbocycles. The van der Waals surface area contributed by atoms with Gasteiger partial charge in [0.15, 0.2) is 9.84 Å². The molecule has 0 radical (unpaired) electrons. The molecule has 3 rings (SSSR count). The van der Waals surface area contributed by atoms with E-state index in [1.54, 1.807) is 42.5 Å². The molecule has 0 spiro atoms. The van der Waals surface area contributed by atoms with Crippen molar-refractivity contribution in [1.29, 1.82) is 0 Å². The zero-order chi connectivity index (χ0) is 17.5. The van der Waals surface area contributed by atoms with Crippen LogP contribution in [0.15, 0.2) is 59.5 Å². The predicted octanol–water partition coefficient (Wildman–Crippen LogP) is 2.31. The fraction of sp³-hybridized carbons (Fsp3) is 0.235. The van der Waals surface area contributed by atoms with Crippen molar-refractivity contribution in [1.82, 2.24) is 0 Å². The van der Waals surface area contributed by atoms with Gasteiger partial charge < -0.3 is 10.8 Å². The van der Waals surface area contributed by atoms with Gasteiger partial charge in [-0.3, -0.25) is 4.79 Å². The number of hydrogen-bond acceptors (Lipinski definition) is 4. The third kappa shape index (κ3) is 2.42. The van der Waals surface area contributed by atoms with Crippen LogP contribution in [0, 0.1) is 5.41 Å². The first-order chi connectivity index (χ1) is 11.4. The summed E-state index contributed by atoms with van der Waals surface area (Å²) >= 11 is 5.98. The molecule has 0 amide bonds. The minimum Gasteiger partial charge on any atom is -0.481 e. The lowest BCUT2D eigenvalue weighted by atomic mass is 9.99. The van der Waals surface area contributed by atoms with E-state index in [0.29, 0.717) is 10.6 Å². The molecule has 1 saturated carbocycles. The first-order valence-electron chi connectivity index (χ1n) is 7.33. The molecule has 0 bridgehead atoms. The van der Waals surface area contributed by atoms with Crippen LogP contribution in [0.3, 0.4) is 0 Å². The molecule has 1 fully saturated rings. The van der Waals surface area contributed by atoms with Crippen LogP contribution in [0.4, 0.5) is 0 Å². The summed E-state index contributed by atoms with van der Waals surface area (Å²) in [5.74, 6) is -1.94. The largest absolute Gasteiger partial charge is 0.481 e. The van der Waals surface area contributed by atoms with Crippen molar-refractivity contribution >= 4 is 27.4 Å². The van der Waals surface area contributed by atoms with E-state index in [1.807, 2.05) is 0 Å². The van der Waals surface area contributed by atoms with Crippen molar-refractivity contribution in [3.05, 3.63) is 65.2 Å². The maximum absolute atomic E-state index is 13.0. The molecule has 3 atom stereocenters. The normalized spacial score (nSPS) is 26.1. The lowest BCUT2D eigenvalue weighted by Crippen LogP contribution is -2.31. The van der Waals surface area contributed by atoms with Crippen LogP contribution >= 0.6 is 11.6 Å². The van der Waals surface area contributed by atoms with Crippen molar-refractivity contribution < 1.29 is 18.3 Å². The van der Waals surface area contributed by atoms with Crippen molar-refractivity contribution in [3.63, 3.8) is 0 Å². The highest BCUT2D eigenvalue weighted by molar-refractivity contribution is 7.92. The zero-order valence-corrected chi connectivity index (χ0v) is 14.2. The monoisotopic (exact) mass is 365 g/mol. The first kappa shape index (κ1) is 17.0. The number of rotatable bonds is 5. The second-order valence-corrected chi connectivity index (χ2v) is 8.37. The maximum atomic E-state index is 13.0. The molecular formula is C17H16ClNO4S. The molecule has 5 nitrogen and oxygen atoms in total. The molecule has 24 heavy (non-hydrogen) atoms. The number of hydrogen-bond donors (Lipinski definition) is 2. The van der Waals surface area contributed by atoms with Gasteiger partial charge in [0.25, 0.3) is 0 Å². The summed E-state index contributed by atoms with van der Waals surface area (Å²) in [4.78, 5) is 12.0. The molecule has 0 aromatic heterocycles. The van der Waals surface area contributed by atoms with Crippen LogP contribution in [0.5, 0.6) is 0 Å². The topological polar surface area (TPSA) is 97.5 Å². The van der Waals surface area contributed by atoms with E-state index < -0.39 is 32.4 Å². The predicted molar refractivity (Wildman–Crippen MR) is 90.7 cm³/mol. The van der Waals surface area contributed by atoms with E-state index >= 15 is 0 Å². The number of sulfone groups is 1. The van der Waals surface area contributed by atoms with E-state index in [0.717, 1.165) is 0 Å². The van der Waals surface area contributed by atoms with Crippen LogP contribution in [0.2, 0.25) is 5.02 Å². The molecule has 2 aromatic rings. The SMILES string of the molecule is NC[C@@]1(C(=O)O)[C@H](c2cccc(Cl)c2)[C@@H]1S(=O)(=O)c1ccccc1. The number of nitrogens with two attached hydrogens (primary N) is 1. The molecule has 7 heteroatoms. The Balaban J connectivity index is 2.13. The average molecular weight is 366 g/mol. The second kappa shape index (κ2) is 5.88.